The molecule has 2 rings (SSSR count). The number of hydrogen-bond donors (Lipinski definition) is 1. The predicted octanol–water partition coefficient (Wildman–Crippen LogP) is 2.62. The van der Waals surface area contributed by atoms with E-state index in [1.165, 1.54) is 5.56 Å². The number of amides is 1. The quantitative estimate of drug-likeness (QED) is 0.903. The van der Waals surface area contributed by atoms with Gasteiger partial charge < -0.3 is 15.1 Å². The monoisotopic (exact) mass is 353 g/mol. The molecular formula is C16H24BrN3O. The average Bonchev–Trinajstić information content (AvgIpc) is 2.59. The van der Waals surface area contributed by atoms with E-state index in [-0.39, 0.29) is 5.91 Å². The number of anilines is 1. The summed E-state index contributed by atoms with van der Waals surface area (Å²) in [7, 11) is 1.88. The van der Waals surface area contributed by atoms with Crippen molar-refractivity contribution in [3.05, 3.63) is 28.2 Å². The molecule has 0 unspecified atom stereocenters. The van der Waals surface area contributed by atoms with Crippen LogP contribution >= 0.6 is 15.9 Å². The van der Waals surface area contributed by atoms with Crippen LogP contribution in [0, 0.1) is 0 Å². The number of hydrogen-bond acceptors (Lipinski definition) is 3. The second-order valence-corrected chi connectivity index (χ2v) is 6.76. The first kappa shape index (κ1) is 16.3. The van der Waals surface area contributed by atoms with Crippen LogP contribution in [0.15, 0.2) is 22.7 Å². The smallest absolute Gasteiger partial charge is 0.241 e. The van der Waals surface area contributed by atoms with Crippen LogP contribution in [-0.4, -0.2) is 43.5 Å². The number of benzene rings is 1. The Kier molecular flexibility index (Phi) is 5.65. The summed E-state index contributed by atoms with van der Waals surface area (Å²) in [6, 6.07) is 6.83. The van der Waals surface area contributed by atoms with Crippen molar-refractivity contribution in [1.29, 1.82) is 0 Å². The summed E-state index contributed by atoms with van der Waals surface area (Å²) in [6.45, 7) is 7.36. The molecule has 0 radical (unpaired) electrons. The van der Waals surface area contributed by atoms with Crippen LogP contribution in [-0.2, 0) is 11.3 Å². The fourth-order valence-corrected chi connectivity index (χ4v) is 2.90. The minimum absolute atomic E-state index is 0.189. The van der Waals surface area contributed by atoms with E-state index in [2.05, 4.69) is 58.2 Å². The number of halogens is 1. The molecule has 1 amide bonds. The van der Waals surface area contributed by atoms with Gasteiger partial charge in [-0.2, -0.15) is 0 Å². The molecule has 1 saturated heterocycles. The fourth-order valence-electron chi connectivity index (χ4n) is 2.40. The van der Waals surface area contributed by atoms with Gasteiger partial charge in [0.1, 0.15) is 0 Å². The number of nitrogens with one attached hydrogen (secondary N) is 1. The second-order valence-electron chi connectivity index (χ2n) is 5.90. The third-order valence-corrected chi connectivity index (χ3v) is 4.51. The third kappa shape index (κ3) is 4.45. The van der Waals surface area contributed by atoms with E-state index in [4.69, 9.17) is 0 Å². The van der Waals surface area contributed by atoms with Gasteiger partial charge in [-0.15, -0.1) is 0 Å². The molecule has 1 N–H and O–H groups in total. The summed E-state index contributed by atoms with van der Waals surface area (Å²) in [6.07, 6.45) is 1.01. The van der Waals surface area contributed by atoms with Gasteiger partial charge in [0.25, 0.3) is 0 Å². The lowest BCUT2D eigenvalue weighted by Gasteiger charge is -2.23. The normalized spacial score (nSPS) is 16.5. The van der Waals surface area contributed by atoms with Crippen LogP contribution < -0.4 is 10.2 Å². The Balaban J connectivity index is 2.10. The molecule has 0 saturated carbocycles. The SMILES string of the molecule is CC(C)NCc1ccc(N2CCCN(C)C(=O)C2)cc1Br. The number of carbonyl (C=O) groups is 1. The summed E-state index contributed by atoms with van der Waals surface area (Å²) >= 11 is 3.65. The van der Waals surface area contributed by atoms with Gasteiger partial charge in [-0.05, 0) is 24.1 Å². The van der Waals surface area contributed by atoms with Gasteiger partial charge in [0.2, 0.25) is 5.91 Å². The molecule has 0 spiro atoms. The van der Waals surface area contributed by atoms with Crippen LogP contribution in [0.5, 0.6) is 0 Å². The summed E-state index contributed by atoms with van der Waals surface area (Å²) < 4.78 is 1.10. The van der Waals surface area contributed by atoms with Crippen molar-refractivity contribution >= 4 is 27.5 Å². The van der Waals surface area contributed by atoms with E-state index in [0.29, 0.717) is 12.6 Å². The Hall–Kier alpha value is -1.07. The molecule has 1 aliphatic rings. The van der Waals surface area contributed by atoms with E-state index in [1.807, 2.05) is 11.9 Å². The molecule has 4 nitrogen and oxygen atoms in total. The van der Waals surface area contributed by atoms with E-state index in [0.717, 1.165) is 36.2 Å². The number of likely N-dealkylation sites (N-methyl/N-ethyl adjacent to an activating group) is 1. The van der Waals surface area contributed by atoms with Crippen LogP contribution in [0.1, 0.15) is 25.8 Å². The van der Waals surface area contributed by atoms with Crippen LogP contribution in [0.2, 0.25) is 0 Å². The average molecular weight is 354 g/mol. The van der Waals surface area contributed by atoms with Gasteiger partial charge >= 0.3 is 0 Å². The lowest BCUT2D eigenvalue weighted by atomic mass is 10.1. The highest BCUT2D eigenvalue weighted by molar-refractivity contribution is 9.10. The highest BCUT2D eigenvalue weighted by Gasteiger charge is 2.19. The zero-order chi connectivity index (χ0) is 15.4. The zero-order valence-corrected chi connectivity index (χ0v) is 14.6. The minimum Gasteiger partial charge on any atom is -0.362 e. The largest absolute Gasteiger partial charge is 0.362 e. The first-order chi connectivity index (χ1) is 9.97. The lowest BCUT2D eigenvalue weighted by molar-refractivity contribution is -0.127. The third-order valence-electron chi connectivity index (χ3n) is 3.78. The van der Waals surface area contributed by atoms with Gasteiger partial charge in [0, 0.05) is 42.9 Å². The van der Waals surface area contributed by atoms with Crippen LogP contribution in [0.3, 0.4) is 0 Å². The molecule has 5 heteroatoms. The summed E-state index contributed by atoms with van der Waals surface area (Å²) in [5.74, 6) is 0.189. The molecule has 0 aromatic heterocycles. The maximum absolute atomic E-state index is 12.0. The van der Waals surface area contributed by atoms with Crippen molar-refractivity contribution < 1.29 is 4.79 Å². The van der Waals surface area contributed by atoms with Gasteiger partial charge in [0.05, 0.1) is 6.54 Å². The van der Waals surface area contributed by atoms with Gasteiger partial charge in [-0.1, -0.05) is 35.8 Å². The Morgan fingerprint density at radius 3 is 2.76 bits per heavy atom. The maximum Gasteiger partial charge on any atom is 0.241 e. The van der Waals surface area contributed by atoms with Crippen molar-refractivity contribution in [2.24, 2.45) is 0 Å². The standard InChI is InChI=1S/C16H24BrN3O/c1-12(2)18-10-13-5-6-14(9-15(13)17)20-8-4-7-19(3)16(21)11-20/h5-6,9,12,18H,4,7-8,10-11H2,1-3H3. The van der Waals surface area contributed by atoms with Crippen LogP contribution in [0.4, 0.5) is 5.69 Å². The Morgan fingerprint density at radius 1 is 1.33 bits per heavy atom. The molecule has 0 aliphatic carbocycles. The molecular weight excluding hydrogens is 330 g/mol. The number of nitrogens with zero attached hydrogens (tertiary/aromatic N) is 2. The first-order valence-electron chi connectivity index (χ1n) is 7.48. The molecule has 1 aromatic carbocycles. The van der Waals surface area contributed by atoms with Gasteiger partial charge in [-0.25, -0.2) is 0 Å². The molecule has 0 bridgehead atoms. The molecule has 21 heavy (non-hydrogen) atoms. The Bertz CT molecular complexity index is 504. The Morgan fingerprint density at radius 2 is 2.10 bits per heavy atom. The Labute approximate surface area is 135 Å². The van der Waals surface area contributed by atoms with Crippen molar-refractivity contribution in [2.45, 2.75) is 32.9 Å². The maximum atomic E-state index is 12.0. The van der Waals surface area contributed by atoms with Crippen molar-refractivity contribution in [2.75, 3.05) is 31.6 Å². The van der Waals surface area contributed by atoms with Crippen molar-refractivity contribution in [1.82, 2.24) is 10.2 Å². The number of rotatable bonds is 4. The van der Waals surface area contributed by atoms with E-state index in [9.17, 15) is 4.79 Å². The second kappa shape index (κ2) is 7.27. The molecule has 1 aliphatic heterocycles. The minimum atomic E-state index is 0.189. The summed E-state index contributed by atoms with van der Waals surface area (Å²) in [4.78, 5) is 16.0. The molecule has 116 valence electrons. The van der Waals surface area contributed by atoms with Gasteiger partial charge in [-0.3, -0.25) is 4.79 Å². The first-order valence-corrected chi connectivity index (χ1v) is 8.27. The molecule has 0 atom stereocenters. The fraction of sp³-hybridized carbons (Fsp3) is 0.562. The highest BCUT2D eigenvalue weighted by Crippen LogP contribution is 2.25. The molecule has 1 fully saturated rings. The number of carbonyl (C=O) groups excluding carboxylic acids is 1. The molecule has 1 aromatic rings. The van der Waals surface area contributed by atoms with Crippen molar-refractivity contribution in [3.8, 4) is 0 Å². The van der Waals surface area contributed by atoms with E-state index < -0.39 is 0 Å². The lowest BCUT2D eigenvalue weighted by Crippen LogP contribution is -2.34. The highest BCUT2D eigenvalue weighted by atomic mass is 79.9. The topological polar surface area (TPSA) is 35.6 Å². The van der Waals surface area contributed by atoms with E-state index in [1.54, 1.807) is 0 Å². The van der Waals surface area contributed by atoms with Crippen molar-refractivity contribution in [3.63, 3.8) is 0 Å². The zero-order valence-electron chi connectivity index (χ0n) is 13.0. The predicted molar refractivity (Wildman–Crippen MR) is 90.6 cm³/mol. The molecule has 1 heterocycles. The van der Waals surface area contributed by atoms with Gasteiger partial charge in [0.15, 0.2) is 0 Å². The van der Waals surface area contributed by atoms with E-state index >= 15 is 0 Å². The van der Waals surface area contributed by atoms with Crippen LogP contribution in [0.25, 0.3) is 0 Å². The summed E-state index contributed by atoms with van der Waals surface area (Å²) in [5, 5.41) is 3.42. The summed E-state index contributed by atoms with van der Waals surface area (Å²) in [5.41, 5.74) is 2.35.